The number of amides is 1. The molecule has 3 aromatic rings. The Morgan fingerprint density at radius 1 is 0.973 bits per heavy atom. The van der Waals surface area contributed by atoms with Crippen LogP contribution in [0.25, 0.3) is 0 Å². The van der Waals surface area contributed by atoms with Gasteiger partial charge in [0.2, 0.25) is 5.91 Å². The zero-order valence-electron chi connectivity index (χ0n) is 20.4. The number of hydrogen-bond donors (Lipinski definition) is 1. The Kier molecular flexibility index (Phi) is 7.63. The monoisotopic (exact) mass is 535 g/mol. The number of rotatable bonds is 7. The van der Waals surface area contributed by atoms with E-state index in [1.807, 2.05) is 0 Å². The molecule has 37 heavy (non-hydrogen) atoms. The van der Waals surface area contributed by atoms with E-state index in [9.17, 15) is 36.5 Å². The summed E-state index contributed by atoms with van der Waals surface area (Å²) in [5.41, 5.74) is 0.196. The van der Waals surface area contributed by atoms with Gasteiger partial charge in [0.25, 0.3) is 15.7 Å². The lowest BCUT2D eigenvalue weighted by Gasteiger charge is -2.26. The minimum atomic E-state index is -4.75. The highest BCUT2D eigenvalue weighted by Crippen LogP contribution is 2.34. The largest absolute Gasteiger partial charge is 0.416 e. The summed E-state index contributed by atoms with van der Waals surface area (Å²) >= 11 is 0. The first-order valence-corrected chi connectivity index (χ1v) is 12.4. The Bertz CT molecular complexity index is 1460. The molecule has 3 rings (SSSR count). The molecular weight excluding hydrogens is 511 g/mol. The fraction of sp³-hybridized carbons (Fsp3) is 0.240. The Morgan fingerprint density at radius 3 is 2.16 bits per heavy atom. The van der Waals surface area contributed by atoms with E-state index in [1.165, 1.54) is 19.1 Å². The van der Waals surface area contributed by atoms with Crippen molar-refractivity contribution in [3.05, 3.63) is 92.5 Å². The van der Waals surface area contributed by atoms with E-state index in [2.05, 4.69) is 5.32 Å². The summed E-state index contributed by atoms with van der Waals surface area (Å²) < 4.78 is 68.4. The fourth-order valence-corrected chi connectivity index (χ4v) is 5.88. The molecule has 0 fully saturated rings. The first kappa shape index (κ1) is 27.7. The molecule has 1 amide bonds. The maximum atomic E-state index is 13.8. The number of anilines is 2. The number of benzene rings is 3. The van der Waals surface area contributed by atoms with Crippen LogP contribution >= 0.6 is 0 Å². The van der Waals surface area contributed by atoms with Crippen molar-refractivity contribution in [1.82, 2.24) is 0 Å². The maximum Gasteiger partial charge on any atom is 0.416 e. The van der Waals surface area contributed by atoms with Gasteiger partial charge in [0.05, 0.1) is 21.1 Å². The number of aryl methyl sites for hydroxylation is 4. The highest BCUT2D eigenvalue weighted by Gasteiger charge is 2.34. The SMILES string of the molecule is Cc1cc(C)c(S(=O)(=O)N(CC(=O)Nc2ccc(C)c([N+](=O)[O-])c2)c2cccc(C(F)(F)F)c2)c(C)c1. The highest BCUT2D eigenvalue weighted by atomic mass is 32.2. The molecule has 0 aromatic heterocycles. The molecule has 0 heterocycles. The maximum absolute atomic E-state index is 13.8. The van der Waals surface area contributed by atoms with E-state index in [0.717, 1.165) is 29.8 Å². The topological polar surface area (TPSA) is 110 Å². The Morgan fingerprint density at radius 2 is 1.59 bits per heavy atom. The van der Waals surface area contributed by atoms with Crippen molar-refractivity contribution in [2.24, 2.45) is 0 Å². The van der Waals surface area contributed by atoms with Gasteiger partial charge in [-0.3, -0.25) is 19.2 Å². The van der Waals surface area contributed by atoms with Crippen LogP contribution in [0.2, 0.25) is 0 Å². The molecule has 0 aliphatic heterocycles. The predicted octanol–water partition coefficient (Wildman–Crippen LogP) is 5.68. The molecule has 0 unspecified atom stereocenters. The summed E-state index contributed by atoms with van der Waals surface area (Å²) in [6.45, 7) is 5.52. The van der Waals surface area contributed by atoms with E-state index in [4.69, 9.17) is 0 Å². The third-order valence-electron chi connectivity index (χ3n) is 5.59. The fourth-order valence-electron chi connectivity index (χ4n) is 4.05. The van der Waals surface area contributed by atoms with Gasteiger partial charge in [-0.15, -0.1) is 0 Å². The summed E-state index contributed by atoms with van der Waals surface area (Å²) in [7, 11) is -4.51. The molecule has 0 saturated carbocycles. The molecular formula is C25H24F3N3O5S. The van der Waals surface area contributed by atoms with Crippen LogP contribution in [0.3, 0.4) is 0 Å². The summed E-state index contributed by atoms with van der Waals surface area (Å²) in [5, 5.41) is 13.6. The molecule has 0 aliphatic carbocycles. The number of nitrogens with zero attached hydrogens (tertiary/aromatic N) is 2. The second-order valence-corrected chi connectivity index (χ2v) is 10.4. The van der Waals surface area contributed by atoms with Gasteiger partial charge in [-0.05, 0) is 63.1 Å². The highest BCUT2D eigenvalue weighted by molar-refractivity contribution is 7.93. The summed E-state index contributed by atoms with van der Waals surface area (Å²) in [6, 6.07) is 10.8. The van der Waals surface area contributed by atoms with Crippen molar-refractivity contribution in [3.63, 3.8) is 0 Å². The first-order chi connectivity index (χ1) is 17.1. The standard InChI is InChI=1S/C25H24F3N3O5S/c1-15-10-17(3)24(18(4)11-15)37(35,36)30(21-7-5-6-19(12-21)25(26,27)28)14-23(32)29-20-9-8-16(2)22(13-20)31(33)34/h5-13H,14H2,1-4H3,(H,29,32). The minimum Gasteiger partial charge on any atom is -0.324 e. The smallest absolute Gasteiger partial charge is 0.324 e. The lowest BCUT2D eigenvalue weighted by atomic mass is 10.1. The predicted molar refractivity (Wildman–Crippen MR) is 133 cm³/mol. The van der Waals surface area contributed by atoms with Gasteiger partial charge in [-0.25, -0.2) is 8.42 Å². The van der Waals surface area contributed by atoms with E-state index in [1.54, 1.807) is 32.9 Å². The number of halogens is 3. The second-order valence-electron chi connectivity index (χ2n) is 8.59. The van der Waals surface area contributed by atoms with Crippen LogP contribution in [0, 0.1) is 37.8 Å². The molecule has 0 aliphatic rings. The van der Waals surface area contributed by atoms with E-state index in [0.29, 0.717) is 27.1 Å². The summed E-state index contributed by atoms with van der Waals surface area (Å²) in [6.07, 6.45) is -4.75. The molecule has 0 atom stereocenters. The van der Waals surface area contributed by atoms with Gasteiger partial charge in [0.15, 0.2) is 0 Å². The van der Waals surface area contributed by atoms with Crippen LogP contribution in [0.15, 0.2) is 59.5 Å². The average molecular weight is 536 g/mol. The van der Waals surface area contributed by atoms with E-state index in [-0.39, 0.29) is 22.0 Å². The molecule has 3 aromatic carbocycles. The van der Waals surface area contributed by atoms with Crippen LogP contribution < -0.4 is 9.62 Å². The van der Waals surface area contributed by atoms with E-state index >= 15 is 0 Å². The van der Waals surface area contributed by atoms with Gasteiger partial charge in [-0.1, -0.05) is 29.8 Å². The van der Waals surface area contributed by atoms with Crippen molar-refractivity contribution >= 4 is 33.0 Å². The van der Waals surface area contributed by atoms with Crippen molar-refractivity contribution < 1.29 is 31.3 Å². The normalized spacial score (nSPS) is 11.8. The number of nitrogens with one attached hydrogen (secondary N) is 1. The number of alkyl halides is 3. The van der Waals surface area contributed by atoms with Gasteiger partial charge in [0, 0.05) is 17.3 Å². The number of nitro benzene ring substituents is 1. The van der Waals surface area contributed by atoms with E-state index < -0.39 is 39.1 Å². The van der Waals surface area contributed by atoms with Gasteiger partial charge < -0.3 is 5.32 Å². The second kappa shape index (κ2) is 10.2. The molecule has 12 heteroatoms. The van der Waals surface area contributed by atoms with Crippen LogP contribution in [-0.4, -0.2) is 25.8 Å². The quantitative estimate of drug-likeness (QED) is 0.309. The minimum absolute atomic E-state index is 0.0337. The zero-order chi connectivity index (χ0) is 27.7. The number of hydrogen-bond acceptors (Lipinski definition) is 5. The van der Waals surface area contributed by atoms with Crippen molar-refractivity contribution in [2.45, 2.75) is 38.8 Å². The third-order valence-corrected chi connectivity index (χ3v) is 7.67. The Labute approximate surface area is 211 Å². The molecule has 0 saturated heterocycles. The number of carbonyl (C=O) groups is 1. The van der Waals surface area contributed by atoms with Crippen LogP contribution in [-0.2, 0) is 21.0 Å². The molecule has 0 radical (unpaired) electrons. The van der Waals surface area contributed by atoms with Crippen LogP contribution in [0.4, 0.5) is 30.2 Å². The summed E-state index contributed by atoms with van der Waals surface area (Å²) in [4.78, 5) is 23.4. The number of sulfonamides is 1. The van der Waals surface area contributed by atoms with Crippen molar-refractivity contribution in [1.29, 1.82) is 0 Å². The zero-order valence-corrected chi connectivity index (χ0v) is 21.2. The van der Waals surface area contributed by atoms with Crippen molar-refractivity contribution in [2.75, 3.05) is 16.2 Å². The molecule has 8 nitrogen and oxygen atoms in total. The van der Waals surface area contributed by atoms with Gasteiger partial charge in [0.1, 0.15) is 6.54 Å². The lowest BCUT2D eigenvalue weighted by molar-refractivity contribution is -0.385. The molecule has 0 spiro atoms. The van der Waals surface area contributed by atoms with Gasteiger partial charge >= 0.3 is 6.18 Å². The number of nitro groups is 1. The molecule has 1 N–H and O–H groups in total. The van der Waals surface area contributed by atoms with Gasteiger partial charge in [-0.2, -0.15) is 13.2 Å². The number of carbonyl (C=O) groups excluding carboxylic acids is 1. The Balaban J connectivity index is 2.09. The van der Waals surface area contributed by atoms with Crippen LogP contribution in [0.5, 0.6) is 0 Å². The average Bonchev–Trinajstić information content (AvgIpc) is 2.77. The Hall–Kier alpha value is -3.93. The molecule has 0 bridgehead atoms. The first-order valence-electron chi connectivity index (χ1n) is 10.9. The van der Waals surface area contributed by atoms with Crippen molar-refractivity contribution in [3.8, 4) is 0 Å². The van der Waals surface area contributed by atoms with Crippen LogP contribution in [0.1, 0.15) is 27.8 Å². The molecule has 196 valence electrons. The summed E-state index contributed by atoms with van der Waals surface area (Å²) in [5.74, 6) is -0.901. The lowest BCUT2D eigenvalue weighted by Crippen LogP contribution is -2.39. The third kappa shape index (κ3) is 6.08.